The van der Waals surface area contributed by atoms with Crippen LogP contribution < -0.4 is 4.72 Å². The molecule has 124 valence electrons. The third-order valence-electron chi connectivity index (χ3n) is 3.05. The molecule has 23 heavy (non-hydrogen) atoms. The van der Waals surface area contributed by atoms with Gasteiger partial charge in [0.05, 0.1) is 11.5 Å². The first-order chi connectivity index (χ1) is 11.0. The van der Waals surface area contributed by atoms with E-state index in [1.807, 2.05) is 30.3 Å². The second-order valence-corrected chi connectivity index (χ2v) is 8.37. The second-order valence-electron chi connectivity index (χ2n) is 4.86. The molecule has 4 nitrogen and oxygen atoms in total. The summed E-state index contributed by atoms with van der Waals surface area (Å²) in [5, 5.41) is 0. The maximum absolute atomic E-state index is 12.3. The molecule has 0 saturated carbocycles. The summed E-state index contributed by atoms with van der Waals surface area (Å²) in [6.07, 6.45) is 0.609. The molecule has 0 spiro atoms. The average Bonchev–Trinajstić information content (AvgIpc) is 2.54. The van der Waals surface area contributed by atoms with Gasteiger partial charge in [0.25, 0.3) is 0 Å². The molecule has 0 unspecified atom stereocenters. The van der Waals surface area contributed by atoms with E-state index in [9.17, 15) is 8.42 Å². The molecule has 0 aliphatic heterocycles. The Morgan fingerprint density at radius 3 is 2.52 bits per heavy atom. The first-order valence-electron chi connectivity index (χ1n) is 7.05. The Bertz CT molecular complexity index is 736. The van der Waals surface area contributed by atoms with Crippen molar-refractivity contribution in [3.05, 3.63) is 63.0 Å². The van der Waals surface area contributed by atoms with Crippen LogP contribution >= 0.6 is 31.9 Å². The summed E-state index contributed by atoms with van der Waals surface area (Å²) in [5.74, 6) is 0. The standard InChI is InChI=1S/C16H17Br2NO3S/c17-14-7-8-15(18)16(11-14)23(20,21)19-9-4-10-22-12-13-5-2-1-3-6-13/h1-3,5-8,11,19H,4,9-10,12H2. The molecule has 2 rings (SSSR count). The molecule has 2 aromatic carbocycles. The summed E-state index contributed by atoms with van der Waals surface area (Å²) in [6, 6.07) is 14.9. The van der Waals surface area contributed by atoms with Crippen LogP contribution in [0.15, 0.2) is 62.4 Å². The van der Waals surface area contributed by atoms with E-state index in [2.05, 4.69) is 36.6 Å². The largest absolute Gasteiger partial charge is 0.377 e. The summed E-state index contributed by atoms with van der Waals surface area (Å²) < 4.78 is 33.9. The smallest absolute Gasteiger partial charge is 0.241 e. The van der Waals surface area contributed by atoms with Crippen LogP contribution in [0.4, 0.5) is 0 Å². The first kappa shape index (κ1) is 18.6. The third-order valence-corrected chi connectivity index (χ3v) is 6.00. The minimum absolute atomic E-state index is 0.220. The van der Waals surface area contributed by atoms with Gasteiger partial charge < -0.3 is 4.74 Å². The fourth-order valence-electron chi connectivity index (χ4n) is 1.91. The highest BCUT2D eigenvalue weighted by molar-refractivity contribution is 9.11. The molecular formula is C16H17Br2NO3S. The molecule has 0 aliphatic carbocycles. The Kier molecular flexibility index (Phi) is 7.23. The Labute approximate surface area is 153 Å². The molecule has 0 fully saturated rings. The summed E-state index contributed by atoms with van der Waals surface area (Å²) >= 11 is 6.54. The Morgan fingerprint density at radius 2 is 1.78 bits per heavy atom. The molecule has 0 radical (unpaired) electrons. The zero-order valence-corrected chi connectivity index (χ0v) is 16.3. The predicted octanol–water partition coefficient (Wildman–Crippen LogP) is 4.10. The minimum atomic E-state index is -3.54. The van der Waals surface area contributed by atoms with E-state index >= 15 is 0 Å². The van der Waals surface area contributed by atoms with Crippen molar-refractivity contribution >= 4 is 41.9 Å². The van der Waals surface area contributed by atoms with Gasteiger partial charge in [0, 0.05) is 22.1 Å². The maximum atomic E-state index is 12.3. The molecule has 0 atom stereocenters. The lowest BCUT2D eigenvalue weighted by Gasteiger charge is -2.09. The predicted molar refractivity (Wildman–Crippen MR) is 97.7 cm³/mol. The van der Waals surface area contributed by atoms with Gasteiger partial charge >= 0.3 is 0 Å². The molecule has 0 saturated heterocycles. The van der Waals surface area contributed by atoms with Gasteiger partial charge in [-0.15, -0.1) is 0 Å². The van der Waals surface area contributed by atoms with Gasteiger partial charge in [-0.3, -0.25) is 0 Å². The number of sulfonamides is 1. The van der Waals surface area contributed by atoms with Crippen LogP contribution in [0.5, 0.6) is 0 Å². The molecule has 0 bridgehead atoms. The van der Waals surface area contributed by atoms with Gasteiger partial charge in [0.2, 0.25) is 10.0 Å². The monoisotopic (exact) mass is 461 g/mol. The van der Waals surface area contributed by atoms with Crippen LogP contribution in [0.2, 0.25) is 0 Å². The molecule has 7 heteroatoms. The SMILES string of the molecule is O=S(=O)(NCCCOCc1ccccc1)c1cc(Br)ccc1Br. The van der Waals surface area contributed by atoms with Crippen molar-refractivity contribution in [1.29, 1.82) is 0 Å². The van der Waals surface area contributed by atoms with Crippen LogP contribution in [0.3, 0.4) is 0 Å². The number of hydrogen-bond donors (Lipinski definition) is 1. The molecule has 0 amide bonds. The molecule has 1 N–H and O–H groups in total. The number of nitrogens with one attached hydrogen (secondary N) is 1. The number of hydrogen-bond acceptors (Lipinski definition) is 3. The quantitative estimate of drug-likeness (QED) is 0.601. The Balaban J connectivity index is 1.76. The van der Waals surface area contributed by atoms with Crippen LogP contribution in [0.25, 0.3) is 0 Å². The van der Waals surface area contributed by atoms with Crippen LogP contribution in [0.1, 0.15) is 12.0 Å². The van der Waals surface area contributed by atoms with E-state index in [1.165, 1.54) is 0 Å². The number of rotatable bonds is 8. The highest BCUT2D eigenvalue weighted by Crippen LogP contribution is 2.25. The van der Waals surface area contributed by atoms with Gasteiger partial charge in [0.1, 0.15) is 0 Å². The summed E-state index contributed by atoms with van der Waals surface area (Å²) in [4.78, 5) is 0.220. The summed E-state index contributed by atoms with van der Waals surface area (Å²) in [5.41, 5.74) is 1.10. The van der Waals surface area contributed by atoms with E-state index in [0.717, 1.165) is 5.56 Å². The topological polar surface area (TPSA) is 55.4 Å². The second kappa shape index (κ2) is 8.94. The van der Waals surface area contributed by atoms with E-state index < -0.39 is 10.0 Å². The molecule has 0 aliphatic rings. The third kappa shape index (κ3) is 6.00. The van der Waals surface area contributed by atoms with Crippen molar-refractivity contribution in [2.24, 2.45) is 0 Å². The fourth-order valence-corrected chi connectivity index (χ4v) is 4.48. The minimum Gasteiger partial charge on any atom is -0.377 e. The van der Waals surface area contributed by atoms with E-state index in [1.54, 1.807) is 18.2 Å². The van der Waals surface area contributed by atoms with Crippen molar-refractivity contribution < 1.29 is 13.2 Å². The first-order valence-corrected chi connectivity index (χ1v) is 10.1. The number of benzene rings is 2. The van der Waals surface area contributed by atoms with Crippen molar-refractivity contribution in [3.8, 4) is 0 Å². The van der Waals surface area contributed by atoms with Crippen molar-refractivity contribution in [2.75, 3.05) is 13.2 Å². The van der Waals surface area contributed by atoms with Crippen LogP contribution in [0, 0.1) is 0 Å². The van der Waals surface area contributed by atoms with Gasteiger partial charge in [-0.1, -0.05) is 46.3 Å². The highest BCUT2D eigenvalue weighted by atomic mass is 79.9. The van der Waals surface area contributed by atoms with Crippen molar-refractivity contribution in [1.82, 2.24) is 4.72 Å². The number of ether oxygens (including phenoxy) is 1. The van der Waals surface area contributed by atoms with Crippen LogP contribution in [-0.4, -0.2) is 21.6 Å². The summed E-state index contributed by atoms with van der Waals surface area (Å²) in [6.45, 7) is 1.36. The van der Waals surface area contributed by atoms with Gasteiger partial charge in [-0.25, -0.2) is 13.1 Å². The number of halogens is 2. The normalized spacial score (nSPS) is 11.6. The van der Waals surface area contributed by atoms with E-state index in [0.29, 0.717) is 35.1 Å². The molecular weight excluding hydrogens is 446 g/mol. The zero-order valence-electron chi connectivity index (χ0n) is 12.3. The van der Waals surface area contributed by atoms with Gasteiger partial charge in [-0.2, -0.15) is 0 Å². The summed E-state index contributed by atoms with van der Waals surface area (Å²) in [7, 11) is -3.54. The van der Waals surface area contributed by atoms with Gasteiger partial charge in [0.15, 0.2) is 0 Å². The Morgan fingerprint density at radius 1 is 1.04 bits per heavy atom. The van der Waals surface area contributed by atoms with Crippen LogP contribution in [-0.2, 0) is 21.4 Å². The highest BCUT2D eigenvalue weighted by Gasteiger charge is 2.17. The Hall–Kier alpha value is -0.730. The van der Waals surface area contributed by atoms with E-state index in [-0.39, 0.29) is 4.90 Å². The van der Waals surface area contributed by atoms with Crippen molar-refractivity contribution in [2.45, 2.75) is 17.9 Å². The van der Waals surface area contributed by atoms with E-state index in [4.69, 9.17) is 4.74 Å². The van der Waals surface area contributed by atoms with Gasteiger partial charge in [-0.05, 0) is 46.1 Å². The lowest BCUT2D eigenvalue weighted by molar-refractivity contribution is 0.119. The maximum Gasteiger partial charge on any atom is 0.241 e. The molecule has 0 aromatic heterocycles. The average molecular weight is 463 g/mol. The lowest BCUT2D eigenvalue weighted by Crippen LogP contribution is -2.26. The molecule has 2 aromatic rings. The van der Waals surface area contributed by atoms with Crippen molar-refractivity contribution in [3.63, 3.8) is 0 Å². The zero-order chi connectivity index (χ0) is 16.7. The lowest BCUT2D eigenvalue weighted by atomic mass is 10.2. The fraction of sp³-hybridized carbons (Fsp3) is 0.250. The molecule has 0 heterocycles.